The van der Waals surface area contributed by atoms with Gasteiger partial charge >= 0.3 is 0 Å². The zero-order valence-electron chi connectivity index (χ0n) is 20.5. The molecule has 0 rings (SSSR count). The number of carbonyl (C=O) groups excluding carboxylic acids is 2. The highest BCUT2D eigenvalue weighted by Crippen LogP contribution is 2.48. The quantitative estimate of drug-likeness (QED) is 0.0920. The van der Waals surface area contributed by atoms with Crippen molar-refractivity contribution in [2.75, 3.05) is 0 Å². The Morgan fingerprint density at radius 3 is 1.09 bits per heavy atom. The van der Waals surface area contributed by atoms with Gasteiger partial charge < -0.3 is 11.5 Å². The van der Waals surface area contributed by atoms with Crippen LogP contribution in [0.2, 0.25) is 0 Å². The van der Waals surface area contributed by atoms with Crippen molar-refractivity contribution in [1.82, 2.24) is 0 Å². The minimum Gasteiger partial charge on any atom is -0.369 e. The van der Waals surface area contributed by atoms with Crippen LogP contribution < -0.4 is 11.5 Å². The SMILES string of the molecule is CCCCCCCCCCC(SSSSC(CCCCCCCCCC)C(N)=O)C(N)=O. The number of carbonyl (C=O) groups is 2. The molecule has 0 radical (unpaired) electrons. The van der Waals surface area contributed by atoms with E-state index < -0.39 is 0 Å². The predicted molar refractivity (Wildman–Crippen MR) is 151 cm³/mol. The van der Waals surface area contributed by atoms with Crippen molar-refractivity contribution in [3.8, 4) is 0 Å². The third kappa shape index (κ3) is 20.9. The van der Waals surface area contributed by atoms with Crippen molar-refractivity contribution >= 4 is 53.1 Å². The summed E-state index contributed by atoms with van der Waals surface area (Å²) in [6.07, 6.45) is 21.8. The van der Waals surface area contributed by atoms with Gasteiger partial charge in [0.05, 0.1) is 10.5 Å². The second-order valence-corrected chi connectivity index (χ2v) is 14.9. The van der Waals surface area contributed by atoms with Gasteiger partial charge in [0.2, 0.25) is 11.8 Å². The highest BCUT2D eigenvalue weighted by Gasteiger charge is 2.19. The number of hydrogen-bond donors (Lipinski definition) is 2. The summed E-state index contributed by atoms with van der Waals surface area (Å²) in [5.74, 6) is -0.470. The van der Waals surface area contributed by atoms with E-state index in [9.17, 15) is 9.59 Å². The van der Waals surface area contributed by atoms with Gasteiger partial charge in [0.15, 0.2) is 0 Å². The Bertz CT molecular complexity index is 416. The Morgan fingerprint density at radius 2 is 0.812 bits per heavy atom. The lowest BCUT2D eigenvalue weighted by Gasteiger charge is -2.14. The molecule has 0 fully saturated rings. The fourth-order valence-corrected chi connectivity index (χ4v) is 10.4. The van der Waals surface area contributed by atoms with Crippen LogP contribution in [0.4, 0.5) is 0 Å². The molecule has 0 aromatic carbocycles. The maximum absolute atomic E-state index is 11.8. The van der Waals surface area contributed by atoms with Crippen LogP contribution in [0, 0.1) is 0 Å². The first kappa shape index (κ1) is 32.3. The zero-order chi connectivity index (χ0) is 23.9. The van der Waals surface area contributed by atoms with Crippen LogP contribution in [-0.2, 0) is 9.59 Å². The molecule has 8 heteroatoms. The van der Waals surface area contributed by atoms with Crippen molar-refractivity contribution in [3.63, 3.8) is 0 Å². The van der Waals surface area contributed by atoms with Crippen molar-refractivity contribution in [1.29, 1.82) is 0 Å². The monoisotopic (exact) mass is 524 g/mol. The Labute approximate surface area is 213 Å². The average molecular weight is 525 g/mol. The predicted octanol–water partition coefficient (Wildman–Crippen LogP) is 8.43. The van der Waals surface area contributed by atoms with E-state index in [-0.39, 0.29) is 22.3 Å². The summed E-state index contributed by atoms with van der Waals surface area (Å²) >= 11 is 0. The molecule has 0 aliphatic carbocycles. The molecule has 2 atom stereocenters. The highest BCUT2D eigenvalue weighted by atomic mass is 33.7. The van der Waals surface area contributed by atoms with E-state index >= 15 is 0 Å². The van der Waals surface area contributed by atoms with E-state index in [0.717, 1.165) is 25.7 Å². The summed E-state index contributed by atoms with van der Waals surface area (Å²) < 4.78 is 0. The van der Waals surface area contributed by atoms with Gasteiger partial charge in [-0.15, -0.1) is 0 Å². The van der Waals surface area contributed by atoms with Gasteiger partial charge in [0, 0.05) is 0 Å². The lowest BCUT2D eigenvalue weighted by molar-refractivity contribution is -0.118. The lowest BCUT2D eigenvalue weighted by atomic mass is 10.1. The molecule has 32 heavy (non-hydrogen) atoms. The molecule has 0 aromatic heterocycles. The Kier molecular flexibility index (Phi) is 24.7. The van der Waals surface area contributed by atoms with E-state index in [2.05, 4.69) is 13.8 Å². The fraction of sp³-hybridized carbons (Fsp3) is 0.917. The molecule has 2 unspecified atom stereocenters. The number of hydrogen-bond acceptors (Lipinski definition) is 6. The average Bonchev–Trinajstić information content (AvgIpc) is 2.76. The molecular formula is C24H48N2O2S4. The maximum Gasteiger partial charge on any atom is 0.231 e. The molecule has 0 aliphatic rings. The van der Waals surface area contributed by atoms with Crippen LogP contribution in [0.3, 0.4) is 0 Å². The first-order valence-electron chi connectivity index (χ1n) is 12.8. The van der Waals surface area contributed by atoms with Crippen LogP contribution >= 0.6 is 41.2 Å². The minimum absolute atomic E-state index is 0.159. The van der Waals surface area contributed by atoms with Gasteiger partial charge in [-0.25, -0.2) is 0 Å². The molecule has 0 bridgehead atoms. The molecule has 4 N–H and O–H groups in total. The smallest absolute Gasteiger partial charge is 0.231 e. The summed E-state index contributed by atoms with van der Waals surface area (Å²) in [5, 5.41) is -0.319. The van der Waals surface area contributed by atoms with Crippen LogP contribution in [-0.4, -0.2) is 22.3 Å². The first-order valence-corrected chi connectivity index (χ1v) is 17.7. The molecule has 0 saturated carbocycles. The van der Waals surface area contributed by atoms with E-state index in [4.69, 9.17) is 11.5 Å². The number of amides is 2. The summed E-state index contributed by atoms with van der Waals surface area (Å²) in [5.41, 5.74) is 11.2. The standard InChI is InChI=1S/C24H48N2O2S4/c1-3-5-7-9-11-13-15-17-19-21(23(25)27)29-31-32-30-22(24(26)28)20-18-16-14-12-10-8-6-4-2/h21-22H,3-20H2,1-2H3,(H2,25,27)(H2,26,28). The van der Waals surface area contributed by atoms with Gasteiger partial charge in [-0.05, 0) is 32.5 Å². The van der Waals surface area contributed by atoms with Gasteiger partial charge in [-0.3, -0.25) is 9.59 Å². The van der Waals surface area contributed by atoms with E-state index in [1.165, 1.54) is 111 Å². The largest absolute Gasteiger partial charge is 0.369 e. The molecule has 0 saturated heterocycles. The lowest BCUT2D eigenvalue weighted by Crippen LogP contribution is -2.25. The van der Waals surface area contributed by atoms with E-state index in [1.807, 2.05) is 0 Å². The molecule has 0 spiro atoms. The molecule has 0 heterocycles. The fourth-order valence-electron chi connectivity index (χ4n) is 3.53. The third-order valence-corrected chi connectivity index (χ3v) is 12.7. The molecular weight excluding hydrogens is 477 g/mol. The van der Waals surface area contributed by atoms with Crippen molar-refractivity contribution < 1.29 is 9.59 Å². The third-order valence-electron chi connectivity index (χ3n) is 5.61. The number of rotatable bonds is 25. The molecule has 190 valence electrons. The maximum atomic E-state index is 11.8. The molecule has 4 nitrogen and oxygen atoms in total. The summed E-state index contributed by atoms with van der Waals surface area (Å²) in [4.78, 5) is 23.5. The summed E-state index contributed by atoms with van der Waals surface area (Å²) in [7, 11) is 6.17. The number of primary amides is 2. The molecule has 0 aliphatic heterocycles. The van der Waals surface area contributed by atoms with Crippen molar-refractivity contribution in [3.05, 3.63) is 0 Å². The second-order valence-electron chi connectivity index (χ2n) is 8.64. The topological polar surface area (TPSA) is 86.2 Å². The Morgan fingerprint density at radius 1 is 0.531 bits per heavy atom. The van der Waals surface area contributed by atoms with Crippen LogP contribution in [0.5, 0.6) is 0 Å². The van der Waals surface area contributed by atoms with Gasteiger partial charge in [-0.2, -0.15) is 0 Å². The van der Waals surface area contributed by atoms with Gasteiger partial charge in [0.1, 0.15) is 0 Å². The first-order chi connectivity index (χ1) is 15.5. The second kappa shape index (κ2) is 24.5. The number of unbranched alkanes of at least 4 members (excludes halogenated alkanes) is 14. The summed E-state index contributed by atoms with van der Waals surface area (Å²) in [6, 6.07) is 0. The normalized spacial score (nSPS) is 13.2. The van der Waals surface area contributed by atoms with Crippen molar-refractivity contribution in [2.24, 2.45) is 11.5 Å². The van der Waals surface area contributed by atoms with Crippen LogP contribution in [0.25, 0.3) is 0 Å². The van der Waals surface area contributed by atoms with Crippen LogP contribution in [0.15, 0.2) is 0 Å². The number of nitrogens with two attached hydrogens (primary N) is 2. The zero-order valence-corrected chi connectivity index (χ0v) is 23.8. The Balaban J connectivity index is 3.87. The van der Waals surface area contributed by atoms with Crippen LogP contribution in [0.1, 0.15) is 129 Å². The molecule has 2 amide bonds. The molecule has 0 aromatic rings. The Hall–Kier alpha value is 0.340. The van der Waals surface area contributed by atoms with Gasteiger partial charge in [-0.1, -0.05) is 138 Å². The van der Waals surface area contributed by atoms with E-state index in [0.29, 0.717) is 0 Å². The van der Waals surface area contributed by atoms with E-state index in [1.54, 1.807) is 19.7 Å². The summed E-state index contributed by atoms with van der Waals surface area (Å²) in [6.45, 7) is 4.48. The highest BCUT2D eigenvalue weighted by molar-refractivity contribution is 9.26. The minimum atomic E-state index is -0.235. The van der Waals surface area contributed by atoms with Gasteiger partial charge in [0.25, 0.3) is 0 Å². The van der Waals surface area contributed by atoms with Crippen molar-refractivity contribution in [2.45, 2.75) is 140 Å².